The van der Waals surface area contributed by atoms with Gasteiger partial charge in [0.1, 0.15) is 0 Å². The van der Waals surface area contributed by atoms with Gasteiger partial charge in [0.25, 0.3) is 10.2 Å². The lowest BCUT2D eigenvalue weighted by Crippen LogP contribution is -2.48. The van der Waals surface area contributed by atoms with Crippen LogP contribution in [0, 0.1) is 11.8 Å². The lowest BCUT2D eigenvalue weighted by molar-refractivity contribution is -0.137. The summed E-state index contributed by atoms with van der Waals surface area (Å²) in [5.41, 5.74) is 5.74. The van der Waals surface area contributed by atoms with Gasteiger partial charge in [-0.3, -0.25) is 4.79 Å². The standard InChI is InChI=1S/C11H24N4O3S/c1-8(9(2)12)11(16)15-5-3-4-10(7-15)6-14-19(13,17)18/h8-10,14H,3-7,12H2,1-2H3,(H2,13,17,18). The van der Waals surface area contributed by atoms with Gasteiger partial charge >= 0.3 is 0 Å². The molecule has 1 aliphatic rings. The van der Waals surface area contributed by atoms with Crippen molar-refractivity contribution in [2.45, 2.75) is 32.7 Å². The highest BCUT2D eigenvalue weighted by Crippen LogP contribution is 2.18. The zero-order chi connectivity index (χ0) is 14.6. The number of hydrogen-bond donors (Lipinski definition) is 3. The molecule has 0 aromatic heterocycles. The summed E-state index contributed by atoms with van der Waals surface area (Å²) in [5.74, 6) is -0.0726. The van der Waals surface area contributed by atoms with Crippen LogP contribution >= 0.6 is 0 Å². The molecule has 0 bridgehead atoms. The molecule has 0 radical (unpaired) electrons. The SMILES string of the molecule is CC(N)C(C)C(=O)N1CCCC(CNS(N)(=O)=O)C1. The molecule has 1 rings (SSSR count). The number of nitrogens with zero attached hydrogens (tertiary/aromatic N) is 1. The molecular formula is C11H24N4O3S. The molecule has 0 aromatic carbocycles. The Balaban J connectivity index is 2.52. The van der Waals surface area contributed by atoms with Crippen molar-refractivity contribution in [3.8, 4) is 0 Å². The summed E-state index contributed by atoms with van der Waals surface area (Å²) in [5, 5.41) is 4.90. The fourth-order valence-corrected chi connectivity index (χ4v) is 2.65. The maximum Gasteiger partial charge on any atom is 0.274 e. The van der Waals surface area contributed by atoms with E-state index in [0.717, 1.165) is 12.8 Å². The van der Waals surface area contributed by atoms with Gasteiger partial charge in [-0.15, -0.1) is 0 Å². The summed E-state index contributed by atoms with van der Waals surface area (Å²) < 4.78 is 24.0. The van der Waals surface area contributed by atoms with E-state index in [4.69, 9.17) is 10.9 Å². The Morgan fingerprint density at radius 1 is 1.47 bits per heavy atom. The highest BCUT2D eigenvalue weighted by atomic mass is 32.2. The van der Waals surface area contributed by atoms with Crippen molar-refractivity contribution in [2.75, 3.05) is 19.6 Å². The molecule has 8 heteroatoms. The van der Waals surface area contributed by atoms with Crippen molar-refractivity contribution in [3.05, 3.63) is 0 Å². The van der Waals surface area contributed by atoms with Crippen molar-refractivity contribution >= 4 is 16.1 Å². The molecule has 7 nitrogen and oxygen atoms in total. The van der Waals surface area contributed by atoms with Crippen molar-refractivity contribution in [2.24, 2.45) is 22.7 Å². The summed E-state index contributed by atoms with van der Waals surface area (Å²) in [4.78, 5) is 13.9. The fraction of sp³-hybridized carbons (Fsp3) is 0.909. The molecule has 1 fully saturated rings. The minimum atomic E-state index is -3.66. The number of piperidine rings is 1. The Morgan fingerprint density at radius 3 is 2.63 bits per heavy atom. The first-order valence-electron chi connectivity index (χ1n) is 6.52. The maximum atomic E-state index is 12.2. The molecular weight excluding hydrogens is 268 g/mol. The average Bonchev–Trinajstić information content (AvgIpc) is 2.34. The minimum Gasteiger partial charge on any atom is -0.342 e. The highest BCUT2D eigenvalue weighted by molar-refractivity contribution is 7.87. The first-order chi connectivity index (χ1) is 8.70. The number of carbonyl (C=O) groups is 1. The monoisotopic (exact) mass is 292 g/mol. The molecule has 0 aromatic rings. The van der Waals surface area contributed by atoms with Crippen LogP contribution in [0.2, 0.25) is 0 Å². The predicted molar refractivity (Wildman–Crippen MR) is 73.2 cm³/mol. The van der Waals surface area contributed by atoms with Gasteiger partial charge in [-0.25, -0.2) is 9.86 Å². The second-order valence-corrected chi connectivity index (χ2v) is 6.71. The summed E-state index contributed by atoms with van der Waals surface area (Å²) in [7, 11) is -3.66. The quantitative estimate of drug-likeness (QED) is 0.602. The summed E-state index contributed by atoms with van der Waals surface area (Å²) in [6.45, 7) is 5.17. The molecule has 3 atom stereocenters. The van der Waals surface area contributed by atoms with Gasteiger partial charge in [0.15, 0.2) is 0 Å². The third-order valence-electron chi connectivity index (χ3n) is 3.58. The van der Waals surface area contributed by atoms with Gasteiger partial charge < -0.3 is 10.6 Å². The number of nitrogens with one attached hydrogen (secondary N) is 1. The molecule has 1 heterocycles. The Kier molecular flexibility index (Phi) is 5.72. The molecule has 19 heavy (non-hydrogen) atoms. The van der Waals surface area contributed by atoms with E-state index in [1.165, 1.54) is 0 Å². The number of nitrogens with two attached hydrogens (primary N) is 2. The van der Waals surface area contributed by atoms with E-state index >= 15 is 0 Å². The summed E-state index contributed by atoms with van der Waals surface area (Å²) >= 11 is 0. The number of carbonyl (C=O) groups excluding carboxylic acids is 1. The van der Waals surface area contributed by atoms with Crippen LogP contribution in [-0.4, -0.2) is 44.9 Å². The number of amides is 1. The van der Waals surface area contributed by atoms with Gasteiger partial charge in [0.05, 0.1) is 5.92 Å². The first kappa shape index (κ1) is 16.4. The molecule has 0 aliphatic carbocycles. The first-order valence-corrected chi connectivity index (χ1v) is 8.07. The number of hydrogen-bond acceptors (Lipinski definition) is 4. The average molecular weight is 292 g/mol. The molecule has 0 saturated carbocycles. The van der Waals surface area contributed by atoms with Crippen LogP contribution in [-0.2, 0) is 15.0 Å². The van der Waals surface area contributed by atoms with Crippen LogP contribution in [0.15, 0.2) is 0 Å². The zero-order valence-electron chi connectivity index (χ0n) is 11.5. The normalized spacial score (nSPS) is 24.0. The van der Waals surface area contributed by atoms with Gasteiger partial charge in [-0.1, -0.05) is 6.92 Å². The Bertz CT molecular complexity index is 410. The predicted octanol–water partition coefficient (Wildman–Crippen LogP) is -0.999. The zero-order valence-corrected chi connectivity index (χ0v) is 12.3. The molecule has 1 saturated heterocycles. The van der Waals surface area contributed by atoms with Crippen LogP contribution < -0.4 is 15.6 Å². The van der Waals surface area contributed by atoms with Crippen molar-refractivity contribution < 1.29 is 13.2 Å². The lowest BCUT2D eigenvalue weighted by atomic mass is 9.95. The van der Waals surface area contributed by atoms with E-state index in [0.29, 0.717) is 13.1 Å². The molecule has 1 aliphatic heterocycles. The topological polar surface area (TPSA) is 119 Å². The largest absolute Gasteiger partial charge is 0.342 e. The van der Waals surface area contributed by atoms with Crippen molar-refractivity contribution in [1.29, 1.82) is 0 Å². The summed E-state index contributed by atoms with van der Waals surface area (Å²) in [6.07, 6.45) is 1.76. The van der Waals surface area contributed by atoms with Crippen LogP contribution in [0.5, 0.6) is 0 Å². The molecule has 3 unspecified atom stereocenters. The Labute approximate surface area is 114 Å². The van der Waals surface area contributed by atoms with E-state index in [1.54, 1.807) is 4.90 Å². The third kappa shape index (κ3) is 5.43. The van der Waals surface area contributed by atoms with Crippen molar-refractivity contribution in [3.63, 3.8) is 0 Å². The number of rotatable bonds is 5. The third-order valence-corrected chi connectivity index (χ3v) is 4.15. The molecule has 5 N–H and O–H groups in total. The number of likely N-dealkylation sites (tertiary alicyclic amines) is 1. The smallest absolute Gasteiger partial charge is 0.274 e. The lowest BCUT2D eigenvalue weighted by Gasteiger charge is -2.35. The second-order valence-electron chi connectivity index (χ2n) is 5.33. The van der Waals surface area contributed by atoms with E-state index in [-0.39, 0.29) is 30.3 Å². The van der Waals surface area contributed by atoms with Gasteiger partial charge in [0.2, 0.25) is 5.91 Å². The van der Waals surface area contributed by atoms with E-state index < -0.39 is 10.2 Å². The van der Waals surface area contributed by atoms with Gasteiger partial charge in [-0.05, 0) is 25.7 Å². The second kappa shape index (κ2) is 6.65. The van der Waals surface area contributed by atoms with Gasteiger partial charge in [0, 0.05) is 25.7 Å². The molecule has 112 valence electrons. The van der Waals surface area contributed by atoms with E-state index in [1.807, 2.05) is 13.8 Å². The van der Waals surface area contributed by atoms with Crippen LogP contribution in [0.3, 0.4) is 0 Å². The van der Waals surface area contributed by atoms with Crippen molar-refractivity contribution in [1.82, 2.24) is 9.62 Å². The minimum absolute atomic E-state index is 0.0373. The highest BCUT2D eigenvalue weighted by Gasteiger charge is 2.28. The van der Waals surface area contributed by atoms with Crippen LogP contribution in [0.25, 0.3) is 0 Å². The van der Waals surface area contributed by atoms with Crippen LogP contribution in [0.1, 0.15) is 26.7 Å². The Hall–Kier alpha value is -0.700. The van der Waals surface area contributed by atoms with E-state index in [2.05, 4.69) is 4.72 Å². The maximum absolute atomic E-state index is 12.2. The van der Waals surface area contributed by atoms with E-state index in [9.17, 15) is 13.2 Å². The van der Waals surface area contributed by atoms with Gasteiger partial charge in [-0.2, -0.15) is 8.42 Å². The molecule has 0 spiro atoms. The summed E-state index contributed by atoms with van der Waals surface area (Å²) in [6, 6.07) is -0.185. The fourth-order valence-electron chi connectivity index (χ4n) is 2.18. The van der Waals surface area contributed by atoms with Crippen LogP contribution in [0.4, 0.5) is 0 Å². The molecule has 1 amide bonds. The Morgan fingerprint density at radius 2 is 2.11 bits per heavy atom.